The van der Waals surface area contributed by atoms with Gasteiger partial charge in [0, 0.05) is 11.3 Å². The fourth-order valence-corrected chi connectivity index (χ4v) is 3.17. The average Bonchev–Trinajstić information content (AvgIpc) is 2.83. The molecule has 0 unspecified atom stereocenters. The van der Waals surface area contributed by atoms with Gasteiger partial charge in [0.1, 0.15) is 5.75 Å². The van der Waals surface area contributed by atoms with Crippen LogP contribution in [-0.4, -0.2) is 31.5 Å². The van der Waals surface area contributed by atoms with E-state index in [0.29, 0.717) is 28.3 Å². The number of nitrogens with one attached hydrogen (secondary N) is 2. The second kappa shape index (κ2) is 10.7. The van der Waals surface area contributed by atoms with Crippen molar-refractivity contribution in [3.63, 3.8) is 0 Å². The molecule has 34 heavy (non-hydrogen) atoms. The maximum atomic E-state index is 12.5. The van der Waals surface area contributed by atoms with E-state index < -0.39 is 18.5 Å². The monoisotopic (exact) mass is 460 g/mol. The highest BCUT2D eigenvalue weighted by Crippen LogP contribution is 2.24. The number of anilines is 2. The smallest absolute Gasteiger partial charge is 0.338 e. The van der Waals surface area contributed by atoms with E-state index in [9.17, 15) is 14.4 Å². The van der Waals surface area contributed by atoms with Gasteiger partial charge in [-0.1, -0.05) is 45.0 Å². The van der Waals surface area contributed by atoms with Crippen LogP contribution in [0.1, 0.15) is 47.1 Å². The van der Waals surface area contributed by atoms with E-state index >= 15 is 0 Å². The second-order valence-electron chi connectivity index (χ2n) is 8.68. The molecule has 176 valence electrons. The first kappa shape index (κ1) is 24.5. The SMILES string of the molecule is COc1ccccc1NC(=O)c1ccc(NC(=O)COC(=O)c2ccc(C(C)(C)C)cc2)cc1. The topological polar surface area (TPSA) is 93.7 Å². The summed E-state index contributed by atoms with van der Waals surface area (Å²) in [5.41, 5.74) is 2.90. The van der Waals surface area contributed by atoms with Gasteiger partial charge in [0.2, 0.25) is 0 Å². The van der Waals surface area contributed by atoms with Crippen molar-refractivity contribution in [1.82, 2.24) is 0 Å². The summed E-state index contributed by atoms with van der Waals surface area (Å²) in [5, 5.41) is 5.43. The fraction of sp³-hybridized carbons (Fsp3) is 0.222. The average molecular weight is 461 g/mol. The summed E-state index contributed by atoms with van der Waals surface area (Å²) >= 11 is 0. The lowest BCUT2D eigenvalue weighted by atomic mass is 9.87. The van der Waals surface area contributed by atoms with Crippen molar-refractivity contribution in [1.29, 1.82) is 0 Å². The van der Waals surface area contributed by atoms with Crippen LogP contribution in [0.25, 0.3) is 0 Å². The van der Waals surface area contributed by atoms with Crippen LogP contribution in [0.15, 0.2) is 72.8 Å². The molecule has 7 nitrogen and oxygen atoms in total. The van der Waals surface area contributed by atoms with Crippen molar-refractivity contribution >= 4 is 29.2 Å². The van der Waals surface area contributed by atoms with Crippen LogP contribution in [-0.2, 0) is 14.9 Å². The van der Waals surface area contributed by atoms with Gasteiger partial charge in [-0.3, -0.25) is 9.59 Å². The Labute approximate surface area is 199 Å². The Morgan fingerprint density at radius 2 is 1.41 bits per heavy atom. The molecule has 0 fully saturated rings. The van der Waals surface area contributed by atoms with Crippen molar-refractivity contribution in [3.05, 3.63) is 89.5 Å². The zero-order valence-corrected chi connectivity index (χ0v) is 19.7. The first-order chi connectivity index (χ1) is 16.2. The van der Waals surface area contributed by atoms with E-state index in [2.05, 4.69) is 31.4 Å². The Kier molecular flexibility index (Phi) is 7.68. The number of ether oxygens (including phenoxy) is 2. The minimum Gasteiger partial charge on any atom is -0.495 e. The number of carbonyl (C=O) groups is 3. The van der Waals surface area contributed by atoms with Gasteiger partial charge in [-0.25, -0.2) is 4.79 Å². The molecule has 0 aliphatic rings. The zero-order valence-electron chi connectivity index (χ0n) is 19.7. The number of esters is 1. The zero-order chi connectivity index (χ0) is 24.7. The number of carbonyl (C=O) groups excluding carboxylic acids is 3. The maximum absolute atomic E-state index is 12.5. The van der Waals surface area contributed by atoms with Gasteiger partial charge in [-0.2, -0.15) is 0 Å². The van der Waals surface area contributed by atoms with Crippen LogP contribution in [0.3, 0.4) is 0 Å². The Morgan fingerprint density at radius 3 is 2.03 bits per heavy atom. The predicted octanol–water partition coefficient (Wildman–Crippen LogP) is 5.04. The first-order valence-corrected chi connectivity index (χ1v) is 10.8. The second-order valence-corrected chi connectivity index (χ2v) is 8.68. The van der Waals surface area contributed by atoms with Gasteiger partial charge in [0.15, 0.2) is 6.61 Å². The number of para-hydroxylation sites is 2. The molecule has 3 aromatic carbocycles. The molecule has 0 heterocycles. The van der Waals surface area contributed by atoms with E-state index in [1.54, 1.807) is 54.6 Å². The molecule has 0 aliphatic carbocycles. The number of hydrogen-bond donors (Lipinski definition) is 2. The molecule has 0 bridgehead atoms. The molecule has 0 saturated carbocycles. The number of amides is 2. The van der Waals surface area contributed by atoms with Gasteiger partial charge in [-0.15, -0.1) is 0 Å². The van der Waals surface area contributed by atoms with Crippen LogP contribution < -0.4 is 15.4 Å². The first-order valence-electron chi connectivity index (χ1n) is 10.8. The fourth-order valence-electron chi connectivity index (χ4n) is 3.17. The Bertz CT molecular complexity index is 1160. The molecule has 0 spiro atoms. The minimum atomic E-state index is -0.570. The van der Waals surface area contributed by atoms with Crippen LogP contribution >= 0.6 is 0 Å². The molecule has 0 aliphatic heterocycles. The summed E-state index contributed by atoms with van der Waals surface area (Å²) in [4.78, 5) is 36.9. The quantitative estimate of drug-likeness (QED) is 0.482. The number of rotatable bonds is 7. The maximum Gasteiger partial charge on any atom is 0.338 e. The van der Waals surface area contributed by atoms with Gasteiger partial charge in [0.05, 0.1) is 18.4 Å². The summed E-state index contributed by atoms with van der Waals surface area (Å²) in [7, 11) is 1.53. The third-order valence-electron chi connectivity index (χ3n) is 5.11. The third-order valence-corrected chi connectivity index (χ3v) is 5.11. The third kappa shape index (κ3) is 6.45. The Morgan fingerprint density at radius 1 is 0.794 bits per heavy atom. The molecule has 2 amide bonds. The van der Waals surface area contributed by atoms with Gasteiger partial charge < -0.3 is 20.1 Å². The summed E-state index contributed by atoms with van der Waals surface area (Å²) in [6, 6.07) is 20.6. The van der Waals surface area contributed by atoms with E-state index in [-0.39, 0.29) is 11.3 Å². The molecule has 0 aromatic heterocycles. The number of hydrogen-bond acceptors (Lipinski definition) is 5. The van der Waals surface area contributed by atoms with E-state index in [1.807, 2.05) is 18.2 Å². The van der Waals surface area contributed by atoms with Crippen LogP contribution in [0.4, 0.5) is 11.4 Å². The van der Waals surface area contributed by atoms with Crippen LogP contribution in [0.2, 0.25) is 0 Å². The molecular weight excluding hydrogens is 432 g/mol. The highest BCUT2D eigenvalue weighted by atomic mass is 16.5. The highest BCUT2D eigenvalue weighted by Gasteiger charge is 2.16. The molecule has 2 N–H and O–H groups in total. The van der Waals surface area contributed by atoms with E-state index in [4.69, 9.17) is 9.47 Å². The van der Waals surface area contributed by atoms with Gasteiger partial charge in [0.25, 0.3) is 11.8 Å². The van der Waals surface area contributed by atoms with Crippen molar-refractivity contribution in [2.75, 3.05) is 24.4 Å². The molecule has 0 radical (unpaired) electrons. The predicted molar refractivity (Wildman–Crippen MR) is 131 cm³/mol. The molecule has 7 heteroatoms. The summed E-state index contributed by atoms with van der Waals surface area (Å²) in [5.74, 6) is -0.807. The number of benzene rings is 3. The van der Waals surface area contributed by atoms with Crippen LogP contribution in [0, 0.1) is 0 Å². The lowest BCUT2D eigenvalue weighted by molar-refractivity contribution is -0.119. The van der Waals surface area contributed by atoms with Crippen molar-refractivity contribution in [3.8, 4) is 5.75 Å². The summed E-state index contributed by atoms with van der Waals surface area (Å²) < 4.78 is 10.3. The summed E-state index contributed by atoms with van der Waals surface area (Å²) in [6.07, 6.45) is 0. The highest BCUT2D eigenvalue weighted by molar-refractivity contribution is 6.05. The van der Waals surface area contributed by atoms with Crippen molar-refractivity contribution in [2.24, 2.45) is 0 Å². The normalized spacial score (nSPS) is 10.8. The lowest BCUT2D eigenvalue weighted by Gasteiger charge is -2.18. The van der Waals surface area contributed by atoms with E-state index in [0.717, 1.165) is 5.56 Å². The standard InChI is InChI=1S/C27H28N2O5/c1-27(2,3)20-13-9-19(10-14-20)26(32)34-17-24(30)28-21-15-11-18(12-16-21)25(31)29-22-7-5-6-8-23(22)33-4/h5-16H,17H2,1-4H3,(H,28,30)(H,29,31). The van der Waals surface area contributed by atoms with Gasteiger partial charge in [-0.05, 0) is 59.5 Å². The molecule has 3 rings (SSSR count). The van der Waals surface area contributed by atoms with Crippen molar-refractivity contribution in [2.45, 2.75) is 26.2 Å². The Hall–Kier alpha value is -4.13. The Balaban J connectivity index is 1.51. The molecule has 0 atom stereocenters. The van der Waals surface area contributed by atoms with Crippen molar-refractivity contribution < 1.29 is 23.9 Å². The lowest BCUT2D eigenvalue weighted by Crippen LogP contribution is -2.21. The molecular formula is C27H28N2O5. The largest absolute Gasteiger partial charge is 0.495 e. The summed E-state index contributed by atoms with van der Waals surface area (Å²) in [6.45, 7) is 5.84. The van der Waals surface area contributed by atoms with Crippen LogP contribution in [0.5, 0.6) is 5.75 Å². The van der Waals surface area contributed by atoms with E-state index in [1.165, 1.54) is 7.11 Å². The molecule has 0 saturated heterocycles. The number of methoxy groups -OCH3 is 1. The van der Waals surface area contributed by atoms with Gasteiger partial charge >= 0.3 is 5.97 Å². The molecule has 3 aromatic rings. The minimum absolute atomic E-state index is 0.0209.